The summed E-state index contributed by atoms with van der Waals surface area (Å²) in [6.45, 7) is 3.87. The quantitative estimate of drug-likeness (QED) is 0.791. The molecule has 0 spiro atoms. The molecule has 5 nitrogen and oxygen atoms in total. The molecule has 0 aliphatic carbocycles. The van der Waals surface area contributed by atoms with Crippen LogP contribution in [0, 0.1) is 6.92 Å². The molecule has 0 aliphatic heterocycles. The van der Waals surface area contributed by atoms with Crippen molar-refractivity contribution in [1.29, 1.82) is 0 Å². The zero-order valence-electron chi connectivity index (χ0n) is 8.90. The third-order valence-electron chi connectivity index (χ3n) is 2.10. The molecule has 0 fully saturated rings. The second-order valence-electron chi connectivity index (χ2n) is 3.22. The number of nitrogens with zero attached hydrogens (tertiary/aromatic N) is 3. The Bertz CT molecular complexity index is 550. The van der Waals surface area contributed by atoms with Crippen LogP contribution in [-0.2, 0) is 4.74 Å². The summed E-state index contributed by atoms with van der Waals surface area (Å²) < 4.78 is 7.33. The Morgan fingerprint density at radius 2 is 2.38 bits per heavy atom. The molecular formula is C10H10BrN3O2. The largest absolute Gasteiger partial charge is 0.462 e. The molecule has 0 bridgehead atoms. The second-order valence-corrected chi connectivity index (χ2v) is 4.14. The lowest BCUT2D eigenvalue weighted by Crippen LogP contribution is -2.06. The van der Waals surface area contributed by atoms with Gasteiger partial charge in [0.25, 0.3) is 0 Å². The summed E-state index contributed by atoms with van der Waals surface area (Å²) >= 11 is 3.29. The fraction of sp³-hybridized carbons (Fsp3) is 0.300. The molecule has 0 unspecified atom stereocenters. The van der Waals surface area contributed by atoms with E-state index < -0.39 is 0 Å². The third-order valence-corrected chi connectivity index (χ3v) is 2.50. The molecule has 16 heavy (non-hydrogen) atoms. The summed E-state index contributed by atoms with van der Waals surface area (Å²) in [5.74, 6) is -0.384. The minimum atomic E-state index is -0.384. The average molecular weight is 284 g/mol. The van der Waals surface area contributed by atoms with Crippen LogP contribution in [0.3, 0.4) is 0 Å². The van der Waals surface area contributed by atoms with Crippen molar-refractivity contribution >= 4 is 27.5 Å². The van der Waals surface area contributed by atoms with E-state index in [-0.39, 0.29) is 5.97 Å². The van der Waals surface area contributed by atoms with Crippen LogP contribution < -0.4 is 0 Å². The predicted octanol–water partition coefficient (Wildman–Crippen LogP) is 1.98. The monoisotopic (exact) mass is 283 g/mol. The number of carbonyl (C=O) groups excluding carboxylic acids is 1. The maximum absolute atomic E-state index is 11.7. The number of rotatable bonds is 2. The number of fused-ring (bicyclic) bond motifs is 1. The Kier molecular flexibility index (Phi) is 2.91. The zero-order valence-corrected chi connectivity index (χ0v) is 10.5. The smallest absolute Gasteiger partial charge is 0.343 e. The highest BCUT2D eigenvalue weighted by molar-refractivity contribution is 9.10. The van der Waals surface area contributed by atoms with Gasteiger partial charge in [0, 0.05) is 12.4 Å². The van der Waals surface area contributed by atoms with E-state index in [0.29, 0.717) is 23.5 Å². The lowest BCUT2D eigenvalue weighted by molar-refractivity contribution is 0.0527. The fourth-order valence-corrected chi connectivity index (χ4v) is 1.76. The molecule has 0 N–H and O–H groups in total. The van der Waals surface area contributed by atoms with Gasteiger partial charge in [0.2, 0.25) is 0 Å². The summed E-state index contributed by atoms with van der Waals surface area (Å²) in [7, 11) is 0. The predicted molar refractivity (Wildman–Crippen MR) is 61.4 cm³/mol. The zero-order chi connectivity index (χ0) is 11.7. The lowest BCUT2D eigenvalue weighted by Gasteiger charge is -1.99. The van der Waals surface area contributed by atoms with Gasteiger partial charge in [0.05, 0.1) is 16.8 Å². The highest BCUT2D eigenvalue weighted by Crippen LogP contribution is 2.16. The highest BCUT2D eigenvalue weighted by atomic mass is 79.9. The van der Waals surface area contributed by atoms with Crippen molar-refractivity contribution in [3.8, 4) is 0 Å². The van der Waals surface area contributed by atoms with E-state index >= 15 is 0 Å². The lowest BCUT2D eigenvalue weighted by atomic mass is 10.2. The highest BCUT2D eigenvalue weighted by Gasteiger charge is 2.19. The van der Waals surface area contributed by atoms with Crippen LogP contribution in [0.5, 0.6) is 0 Å². The van der Waals surface area contributed by atoms with Crippen LogP contribution in [0.25, 0.3) is 5.65 Å². The fourth-order valence-electron chi connectivity index (χ4n) is 1.46. The van der Waals surface area contributed by atoms with Crippen molar-refractivity contribution in [2.24, 2.45) is 0 Å². The first-order valence-electron chi connectivity index (χ1n) is 4.81. The van der Waals surface area contributed by atoms with Gasteiger partial charge in [-0.15, -0.1) is 0 Å². The number of hydrogen-bond acceptors (Lipinski definition) is 4. The van der Waals surface area contributed by atoms with Gasteiger partial charge in [0.1, 0.15) is 5.56 Å². The molecular weight excluding hydrogens is 274 g/mol. The molecule has 0 radical (unpaired) electrons. The third kappa shape index (κ3) is 1.80. The number of halogens is 1. The van der Waals surface area contributed by atoms with Crippen LogP contribution in [-0.4, -0.2) is 27.2 Å². The Hall–Kier alpha value is -1.43. The molecule has 2 aromatic heterocycles. The molecule has 0 atom stereocenters. The SMILES string of the molecule is CCOC(=O)c1c(C)nn2cc(Br)cnc12. The van der Waals surface area contributed by atoms with E-state index in [4.69, 9.17) is 4.74 Å². The van der Waals surface area contributed by atoms with Gasteiger partial charge < -0.3 is 4.74 Å². The van der Waals surface area contributed by atoms with Crippen LogP contribution in [0.1, 0.15) is 23.0 Å². The first kappa shape index (κ1) is 11.1. The Morgan fingerprint density at radius 3 is 3.06 bits per heavy atom. The van der Waals surface area contributed by atoms with E-state index in [1.807, 2.05) is 0 Å². The maximum atomic E-state index is 11.7. The average Bonchev–Trinajstić information content (AvgIpc) is 2.53. The second kappa shape index (κ2) is 4.21. The van der Waals surface area contributed by atoms with E-state index in [2.05, 4.69) is 26.0 Å². The van der Waals surface area contributed by atoms with Crippen LogP contribution in [0.2, 0.25) is 0 Å². The first-order chi connectivity index (χ1) is 7.63. The summed E-state index contributed by atoms with van der Waals surface area (Å²) in [5, 5.41) is 4.20. The summed E-state index contributed by atoms with van der Waals surface area (Å²) in [6, 6.07) is 0. The molecule has 0 saturated carbocycles. The van der Waals surface area contributed by atoms with Gasteiger partial charge in [-0.2, -0.15) is 5.10 Å². The van der Waals surface area contributed by atoms with Crippen LogP contribution in [0.4, 0.5) is 0 Å². The summed E-state index contributed by atoms with van der Waals surface area (Å²) in [6.07, 6.45) is 3.37. The number of hydrogen-bond donors (Lipinski definition) is 0. The van der Waals surface area contributed by atoms with Gasteiger partial charge in [-0.25, -0.2) is 14.3 Å². The molecule has 0 aliphatic rings. The topological polar surface area (TPSA) is 56.5 Å². The molecule has 0 saturated heterocycles. The number of aromatic nitrogens is 3. The van der Waals surface area contributed by atoms with Crippen molar-refractivity contribution in [2.75, 3.05) is 6.61 Å². The normalized spacial score (nSPS) is 10.7. The Morgan fingerprint density at radius 1 is 1.62 bits per heavy atom. The minimum absolute atomic E-state index is 0.339. The first-order valence-corrected chi connectivity index (χ1v) is 5.60. The van der Waals surface area contributed by atoms with Crippen molar-refractivity contribution in [2.45, 2.75) is 13.8 Å². The number of ether oxygens (including phenoxy) is 1. The van der Waals surface area contributed by atoms with Gasteiger partial charge in [0.15, 0.2) is 5.65 Å². The van der Waals surface area contributed by atoms with E-state index in [9.17, 15) is 4.79 Å². The van der Waals surface area contributed by atoms with E-state index in [1.165, 1.54) is 0 Å². The Balaban J connectivity index is 2.60. The molecule has 0 aromatic carbocycles. The summed E-state index contributed by atoms with van der Waals surface area (Å²) in [5.41, 5.74) is 1.55. The van der Waals surface area contributed by atoms with Gasteiger partial charge in [-0.1, -0.05) is 0 Å². The molecule has 6 heteroatoms. The van der Waals surface area contributed by atoms with E-state index in [0.717, 1.165) is 4.47 Å². The van der Waals surface area contributed by atoms with Gasteiger partial charge in [-0.05, 0) is 29.8 Å². The van der Waals surface area contributed by atoms with E-state index in [1.54, 1.807) is 30.8 Å². The number of esters is 1. The Labute approximate surface area is 101 Å². The van der Waals surface area contributed by atoms with Gasteiger partial charge in [-0.3, -0.25) is 0 Å². The molecule has 84 valence electrons. The van der Waals surface area contributed by atoms with Crippen LogP contribution >= 0.6 is 15.9 Å². The minimum Gasteiger partial charge on any atom is -0.462 e. The molecule has 2 aromatic rings. The van der Waals surface area contributed by atoms with Crippen molar-refractivity contribution in [1.82, 2.24) is 14.6 Å². The molecule has 2 heterocycles. The molecule has 2 rings (SSSR count). The van der Waals surface area contributed by atoms with Crippen LogP contribution in [0.15, 0.2) is 16.9 Å². The maximum Gasteiger partial charge on any atom is 0.343 e. The van der Waals surface area contributed by atoms with Gasteiger partial charge >= 0.3 is 5.97 Å². The number of aryl methyl sites for hydroxylation is 1. The van der Waals surface area contributed by atoms with Crippen molar-refractivity contribution in [3.05, 3.63) is 28.1 Å². The standard InChI is InChI=1S/C10H10BrN3O2/c1-3-16-10(15)8-6(2)13-14-5-7(11)4-12-9(8)14/h4-5H,3H2,1-2H3. The molecule has 0 amide bonds. The number of carbonyl (C=O) groups is 1. The van der Waals surface area contributed by atoms with Crippen molar-refractivity contribution < 1.29 is 9.53 Å². The summed E-state index contributed by atoms with van der Waals surface area (Å²) in [4.78, 5) is 15.9. The van der Waals surface area contributed by atoms with Crippen molar-refractivity contribution in [3.63, 3.8) is 0 Å².